The fraction of sp³-hybridized carbons (Fsp3) is 0.438. The van der Waals surface area contributed by atoms with Crippen LogP contribution in [0.2, 0.25) is 0 Å². The third-order valence-corrected chi connectivity index (χ3v) is 4.01. The Morgan fingerprint density at radius 2 is 1.90 bits per heavy atom. The Kier molecular flexibility index (Phi) is 3.72. The molecule has 3 rings (SSSR count). The molecule has 2 atom stereocenters. The number of rotatable bonds is 3. The lowest BCUT2D eigenvalue weighted by molar-refractivity contribution is -0.162. The van der Waals surface area contributed by atoms with E-state index in [1.54, 1.807) is 4.90 Å². The molecule has 0 saturated carbocycles. The van der Waals surface area contributed by atoms with Crippen LogP contribution in [0.25, 0.3) is 0 Å². The molecule has 2 saturated heterocycles. The summed E-state index contributed by atoms with van der Waals surface area (Å²) in [6.45, 7) is 3.38. The summed E-state index contributed by atoms with van der Waals surface area (Å²) in [7, 11) is 0. The molecule has 20 heavy (non-hydrogen) atoms. The highest BCUT2D eigenvalue weighted by atomic mass is 16.5. The normalized spacial score (nSPS) is 26.9. The van der Waals surface area contributed by atoms with E-state index in [1.165, 1.54) is 0 Å². The maximum Gasteiger partial charge on any atom is 0.243 e. The molecular weight excluding hydrogens is 252 g/mol. The second-order valence-electron chi connectivity index (χ2n) is 5.12. The number of β-lactam (4-membered cyclic amide) rings is 1. The van der Waals surface area contributed by atoms with Crippen LogP contribution in [0.1, 0.15) is 11.6 Å². The topological polar surface area (TPSA) is 32.8 Å². The third kappa shape index (κ3) is 2.20. The minimum absolute atomic E-state index is 0.0675. The van der Waals surface area contributed by atoms with Gasteiger partial charge in [-0.25, -0.2) is 0 Å². The highest BCUT2D eigenvalue weighted by Crippen LogP contribution is 2.38. The van der Waals surface area contributed by atoms with Crippen molar-refractivity contribution >= 4 is 5.91 Å². The van der Waals surface area contributed by atoms with Gasteiger partial charge in [0.15, 0.2) is 0 Å². The molecule has 2 aliphatic rings. The lowest BCUT2D eigenvalue weighted by Crippen LogP contribution is -2.66. The maximum atomic E-state index is 12.4. The van der Waals surface area contributed by atoms with Crippen molar-refractivity contribution < 1.29 is 9.53 Å². The SMILES string of the molecule is C#CCN1C(=O)[C@@H](N2CCOCC2)[C@@H]1c1ccccc1. The van der Waals surface area contributed by atoms with Gasteiger partial charge in [0, 0.05) is 13.1 Å². The zero-order valence-corrected chi connectivity index (χ0v) is 11.4. The van der Waals surface area contributed by atoms with Gasteiger partial charge in [0.2, 0.25) is 5.91 Å². The first-order chi connectivity index (χ1) is 9.83. The fourth-order valence-corrected chi connectivity index (χ4v) is 3.03. The Hall–Kier alpha value is -1.83. The Morgan fingerprint density at radius 1 is 1.20 bits per heavy atom. The molecule has 2 heterocycles. The molecule has 1 aromatic carbocycles. The quantitative estimate of drug-likeness (QED) is 0.604. The smallest absolute Gasteiger partial charge is 0.243 e. The zero-order valence-electron chi connectivity index (χ0n) is 11.4. The van der Waals surface area contributed by atoms with Crippen LogP contribution in [0.5, 0.6) is 0 Å². The second kappa shape index (κ2) is 5.66. The molecule has 0 spiro atoms. The number of ether oxygens (including phenoxy) is 1. The van der Waals surface area contributed by atoms with E-state index in [0.29, 0.717) is 19.8 Å². The van der Waals surface area contributed by atoms with E-state index in [0.717, 1.165) is 18.7 Å². The van der Waals surface area contributed by atoms with E-state index >= 15 is 0 Å². The van der Waals surface area contributed by atoms with Crippen molar-refractivity contribution in [3.05, 3.63) is 35.9 Å². The summed E-state index contributed by atoms with van der Waals surface area (Å²) in [6.07, 6.45) is 5.39. The number of carbonyl (C=O) groups is 1. The Balaban J connectivity index is 1.85. The van der Waals surface area contributed by atoms with Crippen molar-refractivity contribution in [3.63, 3.8) is 0 Å². The average molecular weight is 270 g/mol. The highest BCUT2D eigenvalue weighted by Gasteiger charge is 2.50. The van der Waals surface area contributed by atoms with E-state index in [1.807, 2.05) is 18.2 Å². The standard InChI is InChI=1S/C16H18N2O2/c1-2-8-18-14(13-6-4-3-5-7-13)15(16(18)19)17-9-11-20-12-10-17/h1,3-7,14-15H,8-12H2/t14-,15-/m0/s1. The maximum absolute atomic E-state index is 12.4. The summed E-state index contributed by atoms with van der Waals surface area (Å²) in [5.74, 6) is 2.72. The number of likely N-dealkylation sites (tertiary alicyclic amines) is 1. The van der Waals surface area contributed by atoms with Crippen LogP contribution in [-0.2, 0) is 9.53 Å². The van der Waals surface area contributed by atoms with Gasteiger partial charge < -0.3 is 9.64 Å². The first kappa shape index (κ1) is 13.2. The molecule has 0 bridgehead atoms. The number of terminal acetylenes is 1. The van der Waals surface area contributed by atoms with Crippen LogP contribution in [-0.4, -0.2) is 54.6 Å². The predicted octanol–water partition coefficient (Wildman–Crippen LogP) is 0.904. The van der Waals surface area contributed by atoms with Crippen molar-refractivity contribution in [1.29, 1.82) is 0 Å². The number of benzene rings is 1. The molecule has 0 aromatic heterocycles. The van der Waals surface area contributed by atoms with Gasteiger partial charge in [-0.1, -0.05) is 36.3 Å². The second-order valence-corrected chi connectivity index (χ2v) is 5.12. The van der Waals surface area contributed by atoms with Crippen molar-refractivity contribution in [2.45, 2.75) is 12.1 Å². The minimum atomic E-state index is -0.0883. The van der Waals surface area contributed by atoms with E-state index in [4.69, 9.17) is 11.2 Å². The van der Waals surface area contributed by atoms with Gasteiger partial charge in [0.25, 0.3) is 0 Å². The van der Waals surface area contributed by atoms with Crippen molar-refractivity contribution in [2.75, 3.05) is 32.8 Å². The largest absolute Gasteiger partial charge is 0.379 e. The number of carbonyl (C=O) groups excluding carboxylic acids is 1. The van der Waals surface area contributed by atoms with Crippen molar-refractivity contribution in [3.8, 4) is 12.3 Å². The fourth-order valence-electron chi connectivity index (χ4n) is 3.03. The monoisotopic (exact) mass is 270 g/mol. The van der Waals surface area contributed by atoms with Gasteiger partial charge in [0.05, 0.1) is 25.8 Å². The molecule has 1 aromatic rings. The number of nitrogens with zero attached hydrogens (tertiary/aromatic N) is 2. The lowest BCUT2D eigenvalue weighted by atomic mass is 9.87. The van der Waals surface area contributed by atoms with Crippen LogP contribution in [0.3, 0.4) is 0 Å². The summed E-state index contributed by atoms with van der Waals surface area (Å²) in [6, 6.07) is 10.1. The molecule has 0 aliphatic carbocycles. The third-order valence-electron chi connectivity index (χ3n) is 4.01. The molecule has 104 valence electrons. The number of hydrogen-bond donors (Lipinski definition) is 0. The van der Waals surface area contributed by atoms with Gasteiger partial charge in [-0.05, 0) is 5.56 Å². The van der Waals surface area contributed by atoms with Gasteiger partial charge in [-0.2, -0.15) is 0 Å². The van der Waals surface area contributed by atoms with E-state index in [2.05, 4.69) is 23.0 Å². The number of hydrogen-bond acceptors (Lipinski definition) is 3. The summed E-state index contributed by atoms with van der Waals surface area (Å²) < 4.78 is 5.37. The molecule has 0 unspecified atom stereocenters. The van der Waals surface area contributed by atoms with E-state index < -0.39 is 0 Å². The van der Waals surface area contributed by atoms with Gasteiger partial charge in [-0.3, -0.25) is 9.69 Å². The first-order valence-corrected chi connectivity index (χ1v) is 6.93. The zero-order chi connectivity index (χ0) is 13.9. The molecular formula is C16H18N2O2. The van der Waals surface area contributed by atoms with Gasteiger partial charge in [-0.15, -0.1) is 6.42 Å². The average Bonchev–Trinajstić information content (AvgIpc) is 2.51. The first-order valence-electron chi connectivity index (χ1n) is 6.93. The van der Waals surface area contributed by atoms with Crippen LogP contribution in [0.4, 0.5) is 0 Å². The molecule has 4 nitrogen and oxygen atoms in total. The Labute approximate surface area is 119 Å². The van der Waals surface area contributed by atoms with Crippen LogP contribution >= 0.6 is 0 Å². The summed E-state index contributed by atoms with van der Waals surface area (Å²) in [5.41, 5.74) is 1.15. The summed E-state index contributed by atoms with van der Waals surface area (Å²) in [5, 5.41) is 0. The Bertz CT molecular complexity index is 517. The highest BCUT2D eigenvalue weighted by molar-refractivity contribution is 5.90. The Morgan fingerprint density at radius 3 is 2.55 bits per heavy atom. The lowest BCUT2D eigenvalue weighted by Gasteiger charge is -2.51. The van der Waals surface area contributed by atoms with Gasteiger partial charge >= 0.3 is 0 Å². The molecule has 0 radical (unpaired) electrons. The predicted molar refractivity (Wildman–Crippen MR) is 75.9 cm³/mol. The number of amides is 1. The minimum Gasteiger partial charge on any atom is -0.379 e. The molecule has 2 aliphatic heterocycles. The molecule has 1 amide bonds. The van der Waals surface area contributed by atoms with Crippen LogP contribution in [0, 0.1) is 12.3 Å². The van der Waals surface area contributed by atoms with Crippen molar-refractivity contribution in [2.24, 2.45) is 0 Å². The summed E-state index contributed by atoms with van der Waals surface area (Å²) >= 11 is 0. The molecule has 0 N–H and O–H groups in total. The number of morpholine rings is 1. The van der Waals surface area contributed by atoms with Crippen LogP contribution < -0.4 is 0 Å². The van der Waals surface area contributed by atoms with E-state index in [9.17, 15) is 4.79 Å². The molecule has 2 fully saturated rings. The van der Waals surface area contributed by atoms with Crippen molar-refractivity contribution in [1.82, 2.24) is 9.80 Å². The van der Waals surface area contributed by atoms with Crippen LogP contribution in [0.15, 0.2) is 30.3 Å². The summed E-state index contributed by atoms with van der Waals surface area (Å²) in [4.78, 5) is 16.4. The molecule has 4 heteroatoms. The van der Waals surface area contributed by atoms with E-state index in [-0.39, 0.29) is 18.0 Å². The van der Waals surface area contributed by atoms with Gasteiger partial charge in [0.1, 0.15) is 6.04 Å².